The summed E-state index contributed by atoms with van der Waals surface area (Å²) in [6.07, 6.45) is 2.33. The minimum atomic E-state index is -0.125. The fourth-order valence-electron chi connectivity index (χ4n) is 0.588. The van der Waals surface area contributed by atoms with Crippen molar-refractivity contribution in [1.29, 1.82) is 0 Å². The van der Waals surface area contributed by atoms with Crippen molar-refractivity contribution in [1.82, 2.24) is 0 Å². The molecule has 0 bridgehead atoms. The zero-order chi connectivity index (χ0) is 11.7. The van der Waals surface area contributed by atoms with E-state index in [2.05, 4.69) is 0 Å². The van der Waals surface area contributed by atoms with Gasteiger partial charge in [-0.2, -0.15) is 0 Å². The van der Waals surface area contributed by atoms with Gasteiger partial charge in [0.15, 0.2) is 11.6 Å². The molecule has 0 aromatic heterocycles. The molecule has 0 saturated heterocycles. The van der Waals surface area contributed by atoms with Gasteiger partial charge in [-0.15, -0.1) is 0 Å². The molecule has 15 heavy (non-hydrogen) atoms. The molecule has 2 N–H and O–H groups in total. The zero-order valence-electron chi connectivity index (χ0n) is 9.57. The number of aliphatic hydroxyl groups excluding tert-OH is 2. The second-order valence-electron chi connectivity index (χ2n) is 2.79. The van der Waals surface area contributed by atoms with Crippen LogP contribution in [-0.2, 0) is 9.59 Å². The van der Waals surface area contributed by atoms with Crippen LogP contribution in [0.4, 0.5) is 0 Å². The number of hydrogen-bond acceptors (Lipinski definition) is 4. The van der Waals surface area contributed by atoms with Crippen molar-refractivity contribution in [2.75, 3.05) is 0 Å². The first-order chi connectivity index (χ1) is 6.25. The van der Waals surface area contributed by atoms with E-state index in [0.717, 1.165) is 0 Å². The molecule has 5 heteroatoms. The monoisotopic (exact) mass is 412 g/mol. The molecule has 0 spiro atoms. The van der Waals surface area contributed by atoms with Gasteiger partial charge in [-0.05, 0) is 27.7 Å². The molecule has 0 aromatic rings. The molecule has 0 saturated carbocycles. The molecule has 4 nitrogen and oxygen atoms in total. The van der Waals surface area contributed by atoms with Crippen molar-refractivity contribution in [3.63, 3.8) is 0 Å². The molecule has 0 aliphatic heterocycles. The maximum atomic E-state index is 10.0. The van der Waals surface area contributed by atoms with E-state index < -0.39 is 0 Å². The van der Waals surface area contributed by atoms with Crippen LogP contribution < -0.4 is 0 Å². The van der Waals surface area contributed by atoms with Gasteiger partial charge in [0, 0.05) is 12.2 Å². The summed E-state index contributed by atoms with van der Waals surface area (Å²) in [7, 11) is 0. The molecule has 0 radical (unpaired) electrons. The van der Waals surface area contributed by atoms with Gasteiger partial charge in [-0.3, -0.25) is 9.59 Å². The summed E-state index contributed by atoms with van der Waals surface area (Å²) in [5.74, 6) is -0.125. The van der Waals surface area contributed by atoms with Gasteiger partial charge < -0.3 is 10.2 Å². The first kappa shape index (κ1) is 19.8. The molecule has 0 heterocycles. The van der Waals surface area contributed by atoms with Crippen molar-refractivity contribution in [3.05, 3.63) is 23.7 Å². The predicted octanol–water partition coefficient (Wildman–Crippen LogP) is 0.890. The third kappa shape index (κ3) is 31.9. The summed E-state index contributed by atoms with van der Waals surface area (Å²) in [4.78, 5) is 20.0. The van der Waals surface area contributed by atoms with Crippen molar-refractivity contribution in [2.45, 2.75) is 27.7 Å². The quantitative estimate of drug-likeness (QED) is 0.402. The average Bonchev–Trinajstić information content (AvgIpc) is 1.79. The van der Waals surface area contributed by atoms with E-state index in [4.69, 9.17) is 10.2 Å². The number of rotatable bonds is 2. The van der Waals surface area contributed by atoms with Gasteiger partial charge in [0.25, 0.3) is 0 Å². The number of ketones is 2. The van der Waals surface area contributed by atoms with Crippen LogP contribution in [-0.4, -0.2) is 48.0 Å². The molecule has 0 aromatic carbocycles. The Hall–Kier alpha value is -0.697. The van der Waals surface area contributed by atoms with Crippen LogP contribution in [0.25, 0.3) is 0 Å². The van der Waals surface area contributed by atoms with Gasteiger partial charge >= 0.3 is 26.2 Å². The van der Waals surface area contributed by atoms with Crippen molar-refractivity contribution in [3.8, 4) is 0 Å². The van der Waals surface area contributed by atoms with Crippen LogP contribution in [0.5, 0.6) is 0 Å². The molecule has 88 valence electrons. The van der Waals surface area contributed by atoms with Crippen molar-refractivity contribution in [2.24, 2.45) is 0 Å². The van der Waals surface area contributed by atoms with Crippen LogP contribution in [0, 0.1) is 0 Å². The molecule has 0 rings (SSSR count). The Morgan fingerprint density at radius 3 is 1.00 bits per heavy atom. The molecule has 0 aliphatic rings. The van der Waals surface area contributed by atoms with Crippen molar-refractivity contribution < 1.29 is 19.8 Å². The van der Waals surface area contributed by atoms with E-state index >= 15 is 0 Å². The first-order valence-corrected chi connectivity index (χ1v) is 4.01. The molecule has 0 fully saturated rings. The average molecular weight is 412 g/mol. The molecule has 0 atom stereocenters. The van der Waals surface area contributed by atoms with Gasteiger partial charge in [0.2, 0.25) is 0 Å². The predicted molar refractivity (Wildman–Crippen MR) is 64.1 cm³/mol. The fraction of sp³-hybridized carbons (Fsp3) is 0.400. The Morgan fingerprint density at radius 1 is 0.800 bits per heavy atom. The van der Waals surface area contributed by atoms with E-state index in [0.29, 0.717) is 0 Å². The second-order valence-corrected chi connectivity index (χ2v) is 2.79. The van der Waals surface area contributed by atoms with E-state index in [-0.39, 0.29) is 49.3 Å². The molecule has 0 aliphatic carbocycles. The van der Waals surface area contributed by atoms with E-state index in [1.165, 1.54) is 39.8 Å². The standard InChI is InChI=1S/2C5H8O2.Bi.3H/c2*1-4(6)3-5(2)7;;;;/h2*3,6H,1-2H3;;;;/b2*4-3-;;;;. The number of allylic oxidation sites excluding steroid dienone is 4. The third-order valence-electron chi connectivity index (χ3n) is 0.824. The minimum absolute atomic E-state index is 0. The Balaban J connectivity index is -0.000000180. The third-order valence-corrected chi connectivity index (χ3v) is 0.824. The van der Waals surface area contributed by atoms with E-state index in [1.54, 1.807) is 0 Å². The van der Waals surface area contributed by atoms with E-state index in [1.807, 2.05) is 0 Å². The van der Waals surface area contributed by atoms with Crippen LogP contribution in [0.2, 0.25) is 0 Å². The summed E-state index contributed by atoms with van der Waals surface area (Å²) < 4.78 is 0. The van der Waals surface area contributed by atoms with Gasteiger partial charge in [0.1, 0.15) is 0 Å². The number of hydrogen-bond donors (Lipinski definition) is 2. The van der Waals surface area contributed by atoms with Gasteiger partial charge in [-0.1, -0.05) is 0 Å². The summed E-state index contributed by atoms with van der Waals surface area (Å²) >= 11 is 0. The number of carbonyl (C=O) groups is 2. The molecule has 0 unspecified atom stereocenters. The Kier molecular flexibility index (Phi) is 15.0. The summed E-state index contributed by atoms with van der Waals surface area (Å²) in [5, 5.41) is 16.7. The Bertz CT molecular complexity index is 231. The molecule has 0 amide bonds. The normalized spacial score (nSPS) is 10.7. The van der Waals surface area contributed by atoms with E-state index in [9.17, 15) is 9.59 Å². The Morgan fingerprint density at radius 2 is 1.00 bits per heavy atom. The van der Waals surface area contributed by atoms with Gasteiger partial charge in [0.05, 0.1) is 11.5 Å². The van der Waals surface area contributed by atoms with Crippen LogP contribution in [0.15, 0.2) is 23.7 Å². The van der Waals surface area contributed by atoms with Crippen LogP contribution in [0.3, 0.4) is 0 Å². The van der Waals surface area contributed by atoms with Crippen LogP contribution >= 0.6 is 0 Å². The topological polar surface area (TPSA) is 74.6 Å². The maximum absolute atomic E-state index is 10.0. The summed E-state index contributed by atoms with van der Waals surface area (Å²) in [6.45, 7) is 5.70. The summed E-state index contributed by atoms with van der Waals surface area (Å²) in [6, 6.07) is 0. The van der Waals surface area contributed by atoms with Crippen LogP contribution in [0.1, 0.15) is 27.7 Å². The fourth-order valence-corrected chi connectivity index (χ4v) is 0.588. The zero-order valence-corrected chi connectivity index (χ0v) is 15.1. The number of carbonyl (C=O) groups excluding carboxylic acids is 2. The van der Waals surface area contributed by atoms with Crippen molar-refractivity contribution >= 4 is 37.8 Å². The summed E-state index contributed by atoms with van der Waals surface area (Å²) in [5.41, 5.74) is 0. The van der Waals surface area contributed by atoms with Gasteiger partial charge in [-0.25, -0.2) is 0 Å². The first-order valence-electron chi connectivity index (χ1n) is 4.01. The second kappa shape index (κ2) is 11.4. The number of aliphatic hydroxyl groups is 2. The molecular weight excluding hydrogens is 393 g/mol. The Labute approximate surface area is 109 Å². The molecular formula is C10H19BiO4. The SMILES string of the molecule is CC(=O)/C=C(/C)O.CC(=O)/C=C(/C)O.[BiH3].